The molecular formula is C58H75N3O5. The molecule has 0 aromatic heterocycles. The summed E-state index contributed by atoms with van der Waals surface area (Å²) >= 11 is 0. The lowest BCUT2D eigenvalue weighted by molar-refractivity contribution is -0.282. The lowest BCUT2D eigenvalue weighted by atomic mass is 9.27. The van der Waals surface area contributed by atoms with Crippen LogP contribution in [0.5, 0.6) is 0 Å². The molecule has 9 heterocycles. The van der Waals surface area contributed by atoms with Crippen LogP contribution in [0.3, 0.4) is 0 Å². The van der Waals surface area contributed by atoms with Crippen molar-refractivity contribution in [2.45, 2.75) is 166 Å². The number of aliphatic hydroxyl groups excluding tert-OH is 1. The van der Waals surface area contributed by atoms with E-state index in [9.17, 15) is 5.11 Å². The summed E-state index contributed by atoms with van der Waals surface area (Å²) in [4.78, 5) is 37.3. The van der Waals surface area contributed by atoms with E-state index in [0.29, 0.717) is 84.6 Å². The number of fused-ring (bicyclic) bond motifs is 3. The van der Waals surface area contributed by atoms with Crippen LogP contribution in [0.4, 0.5) is 0 Å². The van der Waals surface area contributed by atoms with Gasteiger partial charge in [0.2, 0.25) is 0 Å². The summed E-state index contributed by atoms with van der Waals surface area (Å²) in [5, 5.41) is 13.4. The van der Waals surface area contributed by atoms with E-state index in [1.165, 1.54) is 101 Å². The Kier molecular flexibility index (Phi) is 9.50. The van der Waals surface area contributed by atoms with Crippen molar-refractivity contribution >= 4 is 11.9 Å². The second kappa shape index (κ2) is 15.1. The van der Waals surface area contributed by atoms with E-state index in [1.54, 1.807) is 11.3 Å². The zero-order valence-electron chi connectivity index (χ0n) is 39.8. The summed E-state index contributed by atoms with van der Waals surface area (Å²) < 4.78 is 14.5. The number of ether oxygens (including phenoxy) is 2. The van der Waals surface area contributed by atoms with Crippen molar-refractivity contribution in [3.63, 3.8) is 0 Å². The Balaban J connectivity index is 1.05. The van der Waals surface area contributed by atoms with Crippen LogP contribution in [0, 0.1) is 70.0 Å². The summed E-state index contributed by atoms with van der Waals surface area (Å²) in [6.07, 6.45) is 29.3. The summed E-state index contributed by atoms with van der Waals surface area (Å²) in [6, 6.07) is 7.14. The van der Waals surface area contributed by atoms with E-state index < -0.39 is 16.4 Å². The quantitative estimate of drug-likeness (QED) is 0.215. The lowest BCUT2D eigenvalue weighted by Crippen LogP contribution is -2.78. The van der Waals surface area contributed by atoms with Crippen molar-refractivity contribution in [2.75, 3.05) is 26.2 Å². The maximum atomic E-state index is 16.3. The molecule has 3 saturated carbocycles. The van der Waals surface area contributed by atoms with Crippen LogP contribution < -0.4 is 5.73 Å². The number of carbonyl (C=O) groups is 2. The number of carbonyl (C=O) groups excluding carboxylic acids is 2. The minimum atomic E-state index is -1.13. The highest BCUT2D eigenvalue weighted by molar-refractivity contribution is 6.00. The summed E-state index contributed by atoms with van der Waals surface area (Å²) in [7, 11) is 0. The van der Waals surface area contributed by atoms with Gasteiger partial charge in [-0.3, -0.25) is 9.69 Å². The van der Waals surface area contributed by atoms with Gasteiger partial charge in [-0.05, 0) is 148 Å². The first-order valence-electron chi connectivity index (χ1n) is 27.6. The van der Waals surface area contributed by atoms with Crippen LogP contribution in [-0.2, 0) is 26.3 Å². The van der Waals surface area contributed by atoms with Gasteiger partial charge in [0.1, 0.15) is 11.2 Å². The van der Waals surface area contributed by atoms with E-state index in [2.05, 4.69) is 47.1 Å². The molecule has 9 aliphatic heterocycles. The van der Waals surface area contributed by atoms with Gasteiger partial charge in [-0.15, -0.1) is 0 Å². The van der Waals surface area contributed by atoms with Gasteiger partial charge in [-0.1, -0.05) is 99.8 Å². The lowest BCUT2D eigenvalue weighted by Gasteiger charge is -2.73. The molecule has 1 unspecified atom stereocenters. The topological polar surface area (TPSA) is 105 Å². The number of aryl methyl sites for hydroxylation is 1. The highest BCUT2D eigenvalue weighted by atomic mass is 16.6. The fourth-order valence-electron chi connectivity index (χ4n) is 19.8. The van der Waals surface area contributed by atoms with Crippen molar-refractivity contribution < 1.29 is 24.2 Å². The number of allylic oxidation sites excluding steroid dienone is 4. The van der Waals surface area contributed by atoms with Crippen molar-refractivity contribution in [1.82, 2.24) is 9.80 Å². The third kappa shape index (κ3) is 5.30. The molecule has 1 aromatic rings. The fourth-order valence-corrected chi connectivity index (χ4v) is 19.8. The van der Waals surface area contributed by atoms with Crippen molar-refractivity contribution in [3.05, 3.63) is 81.0 Å². The van der Waals surface area contributed by atoms with E-state index in [1.807, 2.05) is 0 Å². The number of hydrogen-bond donors (Lipinski definition) is 2. The van der Waals surface area contributed by atoms with Crippen LogP contribution in [0.15, 0.2) is 64.3 Å². The second-order valence-electron chi connectivity index (χ2n) is 24.7. The van der Waals surface area contributed by atoms with Gasteiger partial charge in [0.25, 0.3) is 0 Å². The number of nitrogens with two attached hydrogens (primary N) is 1. The Morgan fingerprint density at radius 1 is 0.894 bits per heavy atom. The average molecular weight is 894 g/mol. The molecule has 66 heavy (non-hydrogen) atoms. The molecular weight excluding hydrogens is 819 g/mol. The van der Waals surface area contributed by atoms with E-state index >= 15 is 9.59 Å². The van der Waals surface area contributed by atoms with Crippen LogP contribution in [-0.4, -0.2) is 65.1 Å². The predicted molar refractivity (Wildman–Crippen MR) is 253 cm³/mol. The normalized spacial score (nSPS) is 45.9. The second-order valence-corrected chi connectivity index (χ2v) is 24.7. The van der Waals surface area contributed by atoms with Crippen molar-refractivity contribution in [3.8, 4) is 0 Å². The third-order valence-corrected chi connectivity index (χ3v) is 22.0. The number of aliphatic hydroxyl groups is 1. The molecule has 0 amide bonds. The first-order chi connectivity index (χ1) is 32.3. The van der Waals surface area contributed by atoms with Gasteiger partial charge in [-0.25, -0.2) is 4.79 Å². The Hall–Kier alpha value is -3.36. The van der Waals surface area contributed by atoms with Crippen LogP contribution in [0.1, 0.15) is 163 Å². The Labute approximate surface area is 393 Å². The number of esters is 2. The molecule has 7 aliphatic carbocycles. The summed E-state index contributed by atoms with van der Waals surface area (Å²) in [6.45, 7) is 6.42. The number of nitrogens with zero attached hydrogens (tertiary/aromatic N) is 2. The molecule has 6 fully saturated rings. The van der Waals surface area contributed by atoms with Gasteiger partial charge < -0.3 is 25.2 Å². The average Bonchev–Trinajstić information content (AvgIpc) is 3.78. The first kappa shape index (κ1) is 41.6. The maximum absolute atomic E-state index is 16.3. The summed E-state index contributed by atoms with van der Waals surface area (Å²) in [5.74, 6) is 4.23. The fraction of sp³-hybridized carbons (Fsp3) is 0.724. The molecule has 352 valence electrons. The molecule has 8 heteroatoms. The zero-order chi connectivity index (χ0) is 44.3. The predicted octanol–water partition coefficient (Wildman–Crippen LogP) is 10.8. The molecule has 3 spiro atoms. The largest absolute Gasteiger partial charge is 0.509 e. The molecule has 17 rings (SSSR count). The number of benzene rings is 1. The van der Waals surface area contributed by atoms with Crippen LogP contribution in [0.2, 0.25) is 0 Å². The minimum absolute atomic E-state index is 0.112. The zero-order valence-corrected chi connectivity index (χ0v) is 39.8. The van der Waals surface area contributed by atoms with E-state index in [4.69, 9.17) is 15.2 Å². The highest BCUT2D eigenvalue weighted by Crippen LogP contribution is 2.88. The van der Waals surface area contributed by atoms with E-state index in [0.717, 1.165) is 62.9 Å². The van der Waals surface area contributed by atoms with Gasteiger partial charge >= 0.3 is 11.9 Å². The number of hydrogen-bond acceptors (Lipinski definition) is 8. The van der Waals surface area contributed by atoms with Crippen LogP contribution in [0.25, 0.3) is 0 Å². The first-order valence-corrected chi connectivity index (χ1v) is 27.6. The number of rotatable bonds is 6. The molecule has 12 bridgehead atoms. The Morgan fingerprint density at radius 3 is 2.56 bits per heavy atom. The Morgan fingerprint density at radius 2 is 1.73 bits per heavy atom. The highest BCUT2D eigenvalue weighted by Gasteiger charge is 2.94. The van der Waals surface area contributed by atoms with Gasteiger partial charge in [-0.2, -0.15) is 0 Å². The maximum Gasteiger partial charge on any atom is 0.339 e. The molecule has 16 aliphatic rings. The Bertz CT molecular complexity index is 2370. The summed E-state index contributed by atoms with van der Waals surface area (Å²) in [5.41, 5.74) is 11.9. The van der Waals surface area contributed by atoms with Crippen LogP contribution >= 0.6 is 0 Å². The van der Waals surface area contributed by atoms with Crippen molar-refractivity contribution in [1.29, 1.82) is 0 Å². The molecule has 8 nitrogen and oxygen atoms in total. The molecule has 1 aromatic carbocycles. The third-order valence-electron chi connectivity index (χ3n) is 22.0. The minimum Gasteiger partial charge on any atom is -0.509 e. The SMILES string of the molecule is C[C@H]1CC2=C3[C@H]4C5=C6[C@@H](/C=C\[C@@H](C7CCCCC7)C[C@H]7[C@]68C(=O)O/C(=C(/O)C[C@@H](CC6CCCCC6)N6C[C@H]9C[C@@H](C6)[C@H](CC2)N3C9)[C@@]8(CC5)[C@]72OC(=O)c3c(CCCN)cccc32)C[C@@H]41. The van der Waals surface area contributed by atoms with Gasteiger partial charge in [0.15, 0.2) is 11.4 Å². The standard InChI is InChI=1S/C58H75N3O5/c1-33-24-40-19-20-46-41-25-35-30-60(32-41)42(26-34-10-4-2-5-11-34)29-47(62)53-56-22-21-43-50(52(40)61(46)31-35)44(33)27-39-18-17-38(36-12-6-3-7-13-36)28-48(57(56,51(39)43)55(64)65-53)58(56)45-16-8-14-37(15-9-23-59)49(45)54(63)66-58/h8,14,16-18,33-36,38-39,41-42,44,46,48,50,62H,2-7,9-13,15,19-32,59H2,1H3/b18-17-,53-47+/t33-,35+,38+,39-,41-,42+,44+,46-,48-,50-,56+,57+,58+/m0/s1. The van der Waals surface area contributed by atoms with E-state index in [-0.39, 0.29) is 41.5 Å². The molecule has 0 radical (unpaired) electrons. The molecule has 3 N–H and O–H groups in total. The van der Waals surface area contributed by atoms with Gasteiger partial charge in [0, 0.05) is 61.2 Å². The van der Waals surface area contributed by atoms with Gasteiger partial charge in [0.05, 0.1) is 11.0 Å². The molecule has 3 saturated heterocycles. The smallest absolute Gasteiger partial charge is 0.339 e. The monoisotopic (exact) mass is 894 g/mol. The molecule has 14 atom stereocenters. The number of piperidine rings is 2. The van der Waals surface area contributed by atoms with Crippen molar-refractivity contribution in [2.24, 2.45) is 75.7 Å².